The van der Waals surface area contributed by atoms with E-state index in [0.717, 1.165) is 46.0 Å². The van der Waals surface area contributed by atoms with Crippen molar-refractivity contribution in [3.8, 4) is 0 Å². The van der Waals surface area contributed by atoms with Gasteiger partial charge < -0.3 is 10.1 Å². The van der Waals surface area contributed by atoms with Crippen molar-refractivity contribution >= 4 is 38.2 Å². The van der Waals surface area contributed by atoms with Crippen LogP contribution in [0.3, 0.4) is 0 Å². The maximum absolute atomic E-state index is 13.4. The highest BCUT2D eigenvalue weighted by Crippen LogP contribution is 2.38. The number of anilines is 1. The molecule has 1 N–H and O–H groups in total. The van der Waals surface area contributed by atoms with Crippen LogP contribution in [-0.2, 0) is 38.9 Å². The van der Waals surface area contributed by atoms with Gasteiger partial charge in [-0.25, -0.2) is 13.2 Å². The number of nitrogens with one attached hydrogen (secondary N) is 1. The van der Waals surface area contributed by atoms with Crippen LogP contribution < -0.4 is 5.32 Å². The van der Waals surface area contributed by atoms with Gasteiger partial charge in [0.05, 0.1) is 23.6 Å². The molecule has 4 rings (SSSR count). The lowest BCUT2D eigenvalue weighted by Gasteiger charge is -2.22. The standard InChI is InChI=1S/C26H28N2O5S2/c1-2-33-26(30)24-21-15-9-10-16-22(21)34-25(24)27-23(29)18-28(17-19-11-5-3-6-12-19)35(31,32)20-13-7-4-8-14-20/h3-8,11-14H,2,9-10,15-18H2,1H3,(H,27,29). The Morgan fingerprint density at radius 3 is 2.34 bits per heavy atom. The van der Waals surface area contributed by atoms with Gasteiger partial charge in [0.1, 0.15) is 5.00 Å². The Hall–Kier alpha value is -3.01. The van der Waals surface area contributed by atoms with Gasteiger partial charge >= 0.3 is 5.97 Å². The minimum absolute atomic E-state index is 0.0389. The third-order valence-corrected chi connectivity index (χ3v) is 8.82. The number of rotatable bonds is 9. The zero-order valence-corrected chi connectivity index (χ0v) is 21.2. The molecule has 35 heavy (non-hydrogen) atoms. The Bertz CT molecular complexity index is 1290. The summed E-state index contributed by atoms with van der Waals surface area (Å²) in [5.74, 6) is -0.968. The number of ether oxygens (including phenoxy) is 1. The van der Waals surface area contributed by atoms with Crippen LogP contribution in [0.1, 0.15) is 46.1 Å². The predicted octanol–water partition coefficient (Wildman–Crippen LogP) is 4.63. The summed E-state index contributed by atoms with van der Waals surface area (Å²) >= 11 is 1.38. The quantitative estimate of drug-likeness (QED) is 0.422. The summed E-state index contributed by atoms with van der Waals surface area (Å²) in [5, 5.41) is 3.25. The van der Waals surface area contributed by atoms with E-state index in [0.29, 0.717) is 10.6 Å². The van der Waals surface area contributed by atoms with Gasteiger partial charge in [0.25, 0.3) is 0 Å². The molecule has 1 amide bonds. The van der Waals surface area contributed by atoms with Crippen LogP contribution in [-0.4, -0.2) is 37.8 Å². The minimum atomic E-state index is -3.94. The van der Waals surface area contributed by atoms with Crippen molar-refractivity contribution in [3.05, 3.63) is 82.2 Å². The second-order valence-electron chi connectivity index (χ2n) is 8.26. The molecule has 0 atom stereocenters. The fourth-order valence-electron chi connectivity index (χ4n) is 4.15. The van der Waals surface area contributed by atoms with Crippen molar-refractivity contribution in [1.82, 2.24) is 4.31 Å². The molecule has 0 spiro atoms. The van der Waals surface area contributed by atoms with E-state index in [2.05, 4.69) is 5.32 Å². The number of hydrogen-bond donors (Lipinski definition) is 1. The van der Waals surface area contributed by atoms with Gasteiger partial charge in [-0.15, -0.1) is 11.3 Å². The van der Waals surface area contributed by atoms with E-state index in [-0.39, 0.29) is 18.0 Å². The number of amides is 1. The number of nitrogens with zero attached hydrogens (tertiary/aromatic N) is 1. The first kappa shape index (κ1) is 25.1. The summed E-state index contributed by atoms with van der Waals surface area (Å²) < 4.78 is 33.3. The van der Waals surface area contributed by atoms with Gasteiger partial charge in [0.15, 0.2) is 0 Å². The number of carbonyl (C=O) groups excluding carboxylic acids is 2. The number of esters is 1. The predicted molar refractivity (Wildman–Crippen MR) is 136 cm³/mol. The molecule has 0 bridgehead atoms. The van der Waals surface area contributed by atoms with E-state index in [1.165, 1.54) is 23.5 Å². The number of aryl methyl sites for hydroxylation is 1. The molecule has 184 valence electrons. The SMILES string of the molecule is CCOC(=O)c1c(NC(=O)CN(Cc2ccccc2)S(=O)(=O)c2ccccc2)sc2c1CCCC2. The molecule has 1 aliphatic carbocycles. The molecule has 3 aromatic rings. The maximum atomic E-state index is 13.4. The summed E-state index contributed by atoms with van der Waals surface area (Å²) in [7, 11) is -3.94. The van der Waals surface area contributed by atoms with E-state index in [1.807, 2.05) is 30.3 Å². The Kier molecular flexibility index (Phi) is 8.00. The topological polar surface area (TPSA) is 92.8 Å². The second-order valence-corrected chi connectivity index (χ2v) is 11.3. The Labute approximate surface area is 209 Å². The van der Waals surface area contributed by atoms with Gasteiger partial charge in [-0.2, -0.15) is 4.31 Å². The molecule has 0 fully saturated rings. The van der Waals surface area contributed by atoms with E-state index in [9.17, 15) is 18.0 Å². The molecule has 0 saturated heterocycles. The van der Waals surface area contributed by atoms with Crippen LogP contribution in [0.25, 0.3) is 0 Å². The van der Waals surface area contributed by atoms with Gasteiger partial charge in [-0.3, -0.25) is 4.79 Å². The van der Waals surface area contributed by atoms with Crippen LogP contribution in [0, 0.1) is 0 Å². The Balaban J connectivity index is 1.61. The van der Waals surface area contributed by atoms with Crippen molar-refractivity contribution in [2.24, 2.45) is 0 Å². The number of fused-ring (bicyclic) bond motifs is 1. The van der Waals surface area contributed by atoms with Crippen molar-refractivity contribution in [1.29, 1.82) is 0 Å². The summed E-state index contributed by atoms with van der Waals surface area (Å²) in [6, 6.07) is 17.2. The van der Waals surface area contributed by atoms with Crippen LogP contribution in [0.15, 0.2) is 65.6 Å². The molecule has 0 radical (unpaired) electrons. The van der Waals surface area contributed by atoms with E-state index in [4.69, 9.17) is 4.74 Å². The van der Waals surface area contributed by atoms with E-state index < -0.39 is 28.4 Å². The van der Waals surface area contributed by atoms with Crippen molar-refractivity contribution < 1.29 is 22.7 Å². The average Bonchev–Trinajstić information content (AvgIpc) is 3.22. The largest absolute Gasteiger partial charge is 0.462 e. The van der Waals surface area contributed by atoms with Crippen LogP contribution in [0.2, 0.25) is 0 Å². The number of carbonyl (C=O) groups is 2. The highest BCUT2D eigenvalue weighted by atomic mass is 32.2. The van der Waals surface area contributed by atoms with Crippen molar-refractivity contribution in [3.63, 3.8) is 0 Å². The number of thiophene rings is 1. The first-order chi connectivity index (χ1) is 16.9. The first-order valence-corrected chi connectivity index (χ1v) is 13.9. The van der Waals surface area contributed by atoms with Crippen LogP contribution in [0.5, 0.6) is 0 Å². The van der Waals surface area contributed by atoms with E-state index >= 15 is 0 Å². The lowest BCUT2D eigenvalue weighted by atomic mass is 9.95. The number of hydrogen-bond acceptors (Lipinski definition) is 6. The molecular formula is C26H28N2O5S2. The lowest BCUT2D eigenvalue weighted by molar-refractivity contribution is -0.116. The zero-order valence-electron chi connectivity index (χ0n) is 19.5. The Morgan fingerprint density at radius 2 is 1.66 bits per heavy atom. The molecule has 7 nitrogen and oxygen atoms in total. The second kappa shape index (κ2) is 11.2. The van der Waals surface area contributed by atoms with Crippen LogP contribution >= 0.6 is 11.3 Å². The molecule has 0 saturated carbocycles. The van der Waals surface area contributed by atoms with Crippen molar-refractivity contribution in [2.45, 2.75) is 44.0 Å². The van der Waals surface area contributed by atoms with Gasteiger partial charge in [-0.1, -0.05) is 48.5 Å². The third kappa shape index (κ3) is 5.80. The summed E-state index contributed by atoms with van der Waals surface area (Å²) in [6.07, 6.45) is 3.62. The highest BCUT2D eigenvalue weighted by molar-refractivity contribution is 7.89. The van der Waals surface area contributed by atoms with E-state index in [1.54, 1.807) is 25.1 Å². The van der Waals surface area contributed by atoms with Gasteiger partial charge in [-0.05, 0) is 55.9 Å². The maximum Gasteiger partial charge on any atom is 0.341 e. The summed E-state index contributed by atoms with van der Waals surface area (Å²) in [6.45, 7) is 1.62. The normalized spacial score (nSPS) is 13.3. The van der Waals surface area contributed by atoms with Crippen molar-refractivity contribution in [2.75, 3.05) is 18.5 Å². The summed E-state index contributed by atoms with van der Waals surface area (Å²) in [5.41, 5.74) is 2.10. The third-order valence-electron chi connectivity index (χ3n) is 5.81. The lowest BCUT2D eigenvalue weighted by Crippen LogP contribution is -2.37. The number of sulfonamides is 1. The molecule has 1 heterocycles. The zero-order chi connectivity index (χ0) is 24.8. The fourth-order valence-corrected chi connectivity index (χ4v) is 6.85. The first-order valence-electron chi connectivity index (χ1n) is 11.6. The Morgan fingerprint density at radius 1 is 1.00 bits per heavy atom. The van der Waals surface area contributed by atoms with Gasteiger partial charge in [0, 0.05) is 11.4 Å². The molecule has 0 aliphatic heterocycles. The van der Waals surface area contributed by atoms with Gasteiger partial charge in [0.2, 0.25) is 15.9 Å². The molecular weight excluding hydrogens is 484 g/mol. The monoisotopic (exact) mass is 512 g/mol. The highest BCUT2D eigenvalue weighted by Gasteiger charge is 2.30. The van der Waals surface area contributed by atoms with Crippen LogP contribution in [0.4, 0.5) is 5.00 Å². The summed E-state index contributed by atoms with van der Waals surface area (Å²) in [4.78, 5) is 27.1. The molecule has 0 unspecified atom stereocenters. The minimum Gasteiger partial charge on any atom is -0.462 e. The molecule has 9 heteroatoms. The molecule has 1 aliphatic rings. The smallest absolute Gasteiger partial charge is 0.341 e. The fraction of sp³-hybridized carbons (Fsp3) is 0.308. The average molecular weight is 513 g/mol. The number of benzene rings is 2. The molecule has 2 aromatic carbocycles. The molecule has 1 aromatic heterocycles.